The van der Waals surface area contributed by atoms with E-state index in [2.05, 4.69) is 13.8 Å². The minimum atomic E-state index is 0.609. The third-order valence-corrected chi connectivity index (χ3v) is 8.27. The van der Waals surface area contributed by atoms with Crippen LogP contribution in [0.4, 0.5) is 0 Å². The number of hydrogen-bond donors (Lipinski definition) is 0. The molecule has 0 aliphatic rings. The summed E-state index contributed by atoms with van der Waals surface area (Å²) in [7, 11) is 0. The van der Waals surface area contributed by atoms with Gasteiger partial charge in [-0.1, -0.05) is 168 Å². The topological polar surface area (TPSA) is 46.2 Å². The second-order valence-corrected chi connectivity index (χ2v) is 12.5. The maximum absolute atomic E-state index is 5.70. The van der Waals surface area contributed by atoms with Crippen LogP contribution in [0.25, 0.3) is 0 Å². The van der Waals surface area contributed by atoms with E-state index in [0.717, 1.165) is 13.2 Å². The molecule has 0 fully saturated rings. The molecule has 0 aliphatic carbocycles. The molecule has 0 aromatic rings. The molecule has 0 rings (SSSR count). The van der Waals surface area contributed by atoms with Crippen molar-refractivity contribution in [1.82, 2.24) is 0 Å². The minimum absolute atomic E-state index is 0.609. The summed E-state index contributed by atoms with van der Waals surface area (Å²) in [6, 6.07) is 0. The lowest BCUT2D eigenvalue weighted by molar-refractivity contribution is -0.0114. The van der Waals surface area contributed by atoms with Crippen LogP contribution in [0.3, 0.4) is 0 Å². The fraction of sp³-hybridized carbons (Fsp3) is 1.00. The van der Waals surface area contributed by atoms with Crippen molar-refractivity contribution in [3.8, 4) is 0 Å². The smallest absolute Gasteiger partial charge is 0.0701 e. The van der Waals surface area contributed by atoms with Crippen molar-refractivity contribution in [2.24, 2.45) is 0 Å². The summed E-state index contributed by atoms with van der Waals surface area (Å²) < 4.78 is 28.1. The second-order valence-electron chi connectivity index (χ2n) is 12.5. The number of hydrogen-bond acceptors (Lipinski definition) is 5. The maximum Gasteiger partial charge on any atom is 0.0701 e. The van der Waals surface area contributed by atoms with Gasteiger partial charge in [0.15, 0.2) is 0 Å². The molecular weight excluding hydrogens is 536 g/mol. The summed E-state index contributed by atoms with van der Waals surface area (Å²) in [6.07, 6.45) is 36.0. The van der Waals surface area contributed by atoms with E-state index in [0.29, 0.717) is 52.9 Å². The normalized spacial score (nSPS) is 11.6. The highest BCUT2D eigenvalue weighted by molar-refractivity contribution is 4.50. The monoisotopic (exact) mass is 615 g/mol. The highest BCUT2D eigenvalue weighted by atomic mass is 16.6. The van der Waals surface area contributed by atoms with Crippen LogP contribution in [0.1, 0.15) is 181 Å². The van der Waals surface area contributed by atoms with Gasteiger partial charge in [0, 0.05) is 13.2 Å². The first-order chi connectivity index (χ1) is 21.4. The van der Waals surface area contributed by atoms with Crippen LogP contribution in [-0.4, -0.2) is 66.1 Å². The van der Waals surface area contributed by atoms with E-state index < -0.39 is 0 Å². The Balaban J connectivity index is 3.02. The van der Waals surface area contributed by atoms with E-state index in [9.17, 15) is 0 Å². The largest absolute Gasteiger partial charge is 0.379 e. The molecule has 5 nitrogen and oxygen atoms in total. The predicted octanol–water partition coefficient (Wildman–Crippen LogP) is 11.3. The van der Waals surface area contributed by atoms with Crippen LogP contribution in [0.5, 0.6) is 0 Å². The van der Waals surface area contributed by atoms with Crippen molar-refractivity contribution in [2.45, 2.75) is 181 Å². The van der Waals surface area contributed by atoms with E-state index >= 15 is 0 Å². The van der Waals surface area contributed by atoms with Gasteiger partial charge in [0.25, 0.3) is 0 Å². The van der Waals surface area contributed by atoms with Gasteiger partial charge in [0.2, 0.25) is 0 Å². The lowest BCUT2D eigenvalue weighted by Crippen LogP contribution is -2.13. The van der Waals surface area contributed by atoms with E-state index in [-0.39, 0.29) is 0 Å². The predicted molar refractivity (Wildman–Crippen MR) is 185 cm³/mol. The van der Waals surface area contributed by atoms with Crippen molar-refractivity contribution >= 4 is 0 Å². The summed E-state index contributed by atoms with van der Waals surface area (Å²) in [5.74, 6) is 0. The first-order valence-corrected chi connectivity index (χ1v) is 19.3. The average Bonchev–Trinajstić information content (AvgIpc) is 3.02. The molecule has 0 unspecified atom stereocenters. The zero-order valence-electron chi connectivity index (χ0n) is 29.5. The van der Waals surface area contributed by atoms with E-state index in [1.165, 1.54) is 167 Å². The van der Waals surface area contributed by atoms with Gasteiger partial charge in [-0.3, -0.25) is 0 Å². The molecule has 43 heavy (non-hydrogen) atoms. The molecule has 0 aromatic carbocycles. The Kier molecular flexibility index (Phi) is 41.6. The molecular formula is C38H78O5. The zero-order valence-corrected chi connectivity index (χ0v) is 29.5. The van der Waals surface area contributed by atoms with E-state index in [1.54, 1.807) is 0 Å². The van der Waals surface area contributed by atoms with Gasteiger partial charge in [-0.05, 0) is 12.8 Å². The number of unbranched alkanes of at least 4 members (excludes halogenated alkanes) is 24. The van der Waals surface area contributed by atoms with Gasteiger partial charge in [-0.2, -0.15) is 0 Å². The summed E-state index contributed by atoms with van der Waals surface area (Å²) in [6.45, 7) is 11.4. The van der Waals surface area contributed by atoms with E-state index in [1.807, 2.05) is 0 Å². The third-order valence-electron chi connectivity index (χ3n) is 8.27. The molecule has 0 amide bonds. The number of ether oxygens (including phenoxy) is 5. The molecule has 0 heterocycles. The van der Waals surface area contributed by atoms with Crippen LogP contribution >= 0.6 is 0 Å². The molecule has 0 radical (unpaired) electrons. The molecule has 0 saturated carbocycles. The van der Waals surface area contributed by atoms with Crippen molar-refractivity contribution in [1.29, 1.82) is 0 Å². The Labute approximate surface area is 270 Å². The van der Waals surface area contributed by atoms with Crippen molar-refractivity contribution in [3.05, 3.63) is 0 Å². The third kappa shape index (κ3) is 41.8. The molecule has 5 heteroatoms. The Hall–Kier alpha value is -0.200. The van der Waals surface area contributed by atoms with Gasteiger partial charge >= 0.3 is 0 Å². The van der Waals surface area contributed by atoms with Gasteiger partial charge < -0.3 is 23.7 Å². The molecule has 0 spiro atoms. The van der Waals surface area contributed by atoms with Gasteiger partial charge in [-0.25, -0.2) is 0 Å². The standard InChI is InChI=1S/C38H78O5/c1-3-5-7-9-11-13-15-16-17-18-19-20-22-24-26-28-30-40-32-34-42-36-38-43-37-35-41-33-31-39-29-27-25-23-21-14-12-10-8-6-4-2/h3-38H2,1-2H3. The molecule has 0 aliphatic heterocycles. The summed E-state index contributed by atoms with van der Waals surface area (Å²) >= 11 is 0. The average molecular weight is 615 g/mol. The lowest BCUT2D eigenvalue weighted by Gasteiger charge is -2.08. The fourth-order valence-corrected chi connectivity index (χ4v) is 5.43. The summed E-state index contributed by atoms with van der Waals surface area (Å²) in [5.41, 5.74) is 0. The van der Waals surface area contributed by atoms with Gasteiger partial charge in [-0.15, -0.1) is 0 Å². The summed E-state index contributed by atoms with van der Waals surface area (Å²) in [4.78, 5) is 0. The highest BCUT2D eigenvalue weighted by Gasteiger charge is 1.97. The van der Waals surface area contributed by atoms with Crippen molar-refractivity contribution in [3.63, 3.8) is 0 Å². The Morgan fingerprint density at radius 1 is 0.186 bits per heavy atom. The minimum Gasteiger partial charge on any atom is -0.379 e. The first-order valence-electron chi connectivity index (χ1n) is 19.3. The quantitative estimate of drug-likeness (QED) is 0.0643. The van der Waals surface area contributed by atoms with Crippen LogP contribution in [0.2, 0.25) is 0 Å². The molecule has 0 atom stereocenters. The second kappa shape index (κ2) is 41.8. The zero-order chi connectivity index (χ0) is 31.0. The van der Waals surface area contributed by atoms with Crippen molar-refractivity contribution in [2.75, 3.05) is 66.1 Å². The van der Waals surface area contributed by atoms with Crippen LogP contribution in [-0.2, 0) is 23.7 Å². The molecule has 260 valence electrons. The first kappa shape index (κ1) is 42.8. The Bertz CT molecular complexity index is 422. The highest BCUT2D eigenvalue weighted by Crippen LogP contribution is 2.14. The molecule has 0 saturated heterocycles. The van der Waals surface area contributed by atoms with Crippen molar-refractivity contribution < 1.29 is 23.7 Å². The number of rotatable bonds is 40. The Morgan fingerprint density at radius 3 is 0.558 bits per heavy atom. The van der Waals surface area contributed by atoms with Gasteiger partial charge in [0.1, 0.15) is 0 Å². The summed E-state index contributed by atoms with van der Waals surface area (Å²) in [5, 5.41) is 0. The fourth-order valence-electron chi connectivity index (χ4n) is 5.43. The maximum atomic E-state index is 5.70. The molecule has 0 aromatic heterocycles. The van der Waals surface area contributed by atoms with Gasteiger partial charge in [0.05, 0.1) is 52.9 Å². The SMILES string of the molecule is CCCCCCCCCCCCCCCCCCOCCOCCOCCOCCOCCCCCCCCCCCC. The van der Waals surface area contributed by atoms with Crippen LogP contribution in [0, 0.1) is 0 Å². The molecule has 0 N–H and O–H groups in total. The van der Waals surface area contributed by atoms with E-state index in [4.69, 9.17) is 23.7 Å². The van der Waals surface area contributed by atoms with Crippen LogP contribution < -0.4 is 0 Å². The lowest BCUT2D eigenvalue weighted by atomic mass is 10.0. The molecule has 0 bridgehead atoms. The van der Waals surface area contributed by atoms with Crippen LogP contribution in [0.15, 0.2) is 0 Å². The Morgan fingerprint density at radius 2 is 0.349 bits per heavy atom.